The number of halogens is 1. The highest BCUT2D eigenvalue weighted by Crippen LogP contribution is 2.38. The Kier molecular flexibility index (Phi) is 5.65. The van der Waals surface area contributed by atoms with Crippen molar-refractivity contribution in [3.63, 3.8) is 0 Å². The first-order valence-corrected chi connectivity index (χ1v) is 7.17. The third-order valence-corrected chi connectivity index (χ3v) is 3.96. The molecule has 0 aliphatic carbocycles. The lowest BCUT2D eigenvalue weighted by Crippen LogP contribution is -2.23. The van der Waals surface area contributed by atoms with Gasteiger partial charge in [0.05, 0.1) is 11.6 Å². The summed E-state index contributed by atoms with van der Waals surface area (Å²) in [6.07, 6.45) is 1.02. The maximum Gasteiger partial charge on any atom is 0.142 e. The van der Waals surface area contributed by atoms with E-state index in [2.05, 4.69) is 26.8 Å². The summed E-state index contributed by atoms with van der Waals surface area (Å²) in [6.45, 7) is 9.39. The molecule has 0 bridgehead atoms. The first-order chi connectivity index (χ1) is 8.87. The zero-order valence-electron chi connectivity index (χ0n) is 12.3. The summed E-state index contributed by atoms with van der Waals surface area (Å²) < 4.78 is 5.62. The number of benzene rings is 1. The molecule has 1 aromatic rings. The highest BCUT2D eigenvalue weighted by molar-refractivity contribution is 6.32. The summed E-state index contributed by atoms with van der Waals surface area (Å²) in [5, 5.41) is 0.611. The van der Waals surface area contributed by atoms with Crippen LogP contribution in [0.15, 0.2) is 12.1 Å². The Morgan fingerprint density at radius 3 is 2.42 bits per heavy atom. The second-order valence-electron chi connectivity index (χ2n) is 5.39. The monoisotopic (exact) mass is 284 g/mol. The molecule has 0 fully saturated rings. The minimum Gasteiger partial charge on any atom is -0.492 e. The zero-order chi connectivity index (χ0) is 14.6. The van der Waals surface area contributed by atoms with Crippen molar-refractivity contribution in [2.75, 3.05) is 13.2 Å². The molecule has 0 saturated carbocycles. The molecule has 1 atom stereocenters. The molecule has 0 amide bonds. The van der Waals surface area contributed by atoms with Gasteiger partial charge >= 0.3 is 0 Å². The number of rotatable bonds is 6. The highest BCUT2D eigenvalue weighted by atomic mass is 35.5. The van der Waals surface area contributed by atoms with E-state index >= 15 is 0 Å². The van der Waals surface area contributed by atoms with E-state index in [1.807, 2.05) is 13.0 Å². The standard InChI is InChI=1S/C15H25ClN2O/c1-5-15(3,4)10-7-11(13(18)9-17)14(19-6-2)12(16)8-10/h7-8,13H,5-6,9,17-18H2,1-4H3. The summed E-state index contributed by atoms with van der Waals surface area (Å²) in [4.78, 5) is 0. The van der Waals surface area contributed by atoms with Crippen LogP contribution in [0.5, 0.6) is 5.75 Å². The van der Waals surface area contributed by atoms with E-state index in [-0.39, 0.29) is 11.5 Å². The molecular formula is C15H25ClN2O. The molecule has 0 heterocycles. The van der Waals surface area contributed by atoms with Gasteiger partial charge in [0.15, 0.2) is 0 Å². The Bertz CT molecular complexity index is 432. The van der Waals surface area contributed by atoms with Gasteiger partial charge in [-0.3, -0.25) is 0 Å². The lowest BCUT2D eigenvalue weighted by Gasteiger charge is -2.26. The molecule has 1 unspecified atom stereocenters. The molecule has 0 radical (unpaired) electrons. The topological polar surface area (TPSA) is 61.3 Å². The third-order valence-electron chi connectivity index (χ3n) is 3.68. The molecular weight excluding hydrogens is 260 g/mol. The first-order valence-electron chi connectivity index (χ1n) is 6.79. The van der Waals surface area contributed by atoms with Crippen LogP contribution in [-0.4, -0.2) is 13.2 Å². The van der Waals surface area contributed by atoms with Crippen molar-refractivity contribution in [3.05, 3.63) is 28.3 Å². The fourth-order valence-corrected chi connectivity index (χ4v) is 2.19. The van der Waals surface area contributed by atoms with E-state index in [1.165, 1.54) is 5.56 Å². The van der Waals surface area contributed by atoms with Crippen LogP contribution < -0.4 is 16.2 Å². The smallest absolute Gasteiger partial charge is 0.142 e. The van der Waals surface area contributed by atoms with E-state index in [0.717, 1.165) is 12.0 Å². The Hall–Kier alpha value is -0.770. The molecule has 0 saturated heterocycles. The number of hydrogen-bond acceptors (Lipinski definition) is 3. The van der Waals surface area contributed by atoms with Gasteiger partial charge in [-0.15, -0.1) is 0 Å². The molecule has 108 valence electrons. The van der Waals surface area contributed by atoms with Crippen molar-refractivity contribution < 1.29 is 4.74 Å². The van der Waals surface area contributed by atoms with Crippen LogP contribution in [0.4, 0.5) is 0 Å². The van der Waals surface area contributed by atoms with Crippen LogP contribution >= 0.6 is 11.6 Å². The van der Waals surface area contributed by atoms with Crippen LogP contribution in [0, 0.1) is 0 Å². The van der Waals surface area contributed by atoms with Crippen molar-refractivity contribution >= 4 is 11.6 Å². The molecule has 19 heavy (non-hydrogen) atoms. The van der Waals surface area contributed by atoms with Crippen LogP contribution in [0.1, 0.15) is 51.3 Å². The predicted molar refractivity (Wildman–Crippen MR) is 81.9 cm³/mol. The highest BCUT2D eigenvalue weighted by Gasteiger charge is 2.23. The Morgan fingerprint density at radius 2 is 1.95 bits per heavy atom. The van der Waals surface area contributed by atoms with Gasteiger partial charge in [0.25, 0.3) is 0 Å². The van der Waals surface area contributed by atoms with Gasteiger partial charge in [-0.1, -0.05) is 32.4 Å². The van der Waals surface area contributed by atoms with Crippen molar-refractivity contribution in [1.29, 1.82) is 0 Å². The summed E-state index contributed by atoms with van der Waals surface area (Å²) in [5.41, 5.74) is 13.9. The lowest BCUT2D eigenvalue weighted by atomic mass is 9.81. The first kappa shape index (κ1) is 16.3. The fourth-order valence-electron chi connectivity index (χ4n) is 1.91. The SMILES string of the molecule is CCOc1c(Cl)cc(C(C)(C)CC)cc1C(N)CN. The van der Waals surface area contributed by atoms with Gasteiger partial charge < -0.3 is 16.2 Å². The quantitative estimate of drug-likeness (QED) is 0.842. The molecule has 1 aromatic carbocycles. The maximum atomic E-state index is 6.36. The van der Waals surface area contributed by atoms with E-state index in [1.54, 1.807) is 0 Å². The molecule has 4 heteroatoms. The lowest BCUT2D eigenvalue weighted by molar-refractivity contribution is 0.334. The van der Waals surface area contributed by atoms with Crippen molar-refractivity contribution in [2.24, 2.45) is 11.5 Å². The molecule has 0 spiro atoms. The number of ether oxygens (including phenoxy) is 1. The minimum atomic E-state index is -0.258. The normalized spacial score (nSPS) is 13.4. The number of nitrogens with two attached hydrogens (primary N) is 2. The van der Waals surface area contributed by atoms with Crippen LogP contribution in [-0.2, 0) is 5.41 Å². The molecule has 4 N–H and O–H groups in total. The second kappa shape index (κ2) is 6.60. The van der Waals surface area contributed by atoms with E-state index in [9.17, 15) is 0 Å². The molecule has 3 nitrogen and oxygen atoms in total. The van der Waals surface area contributed by atoms with Crippen LogP contribution in [0.25, 0.3) is 0 Å². The summed E-state index contributed by atoms with van der Waals surface area (Å²) in [7, 11) is 0. The second-order valence-corrected chi connectivity index (χ2v) is 5.80. The van der Waals surface area contributed by atoms with Crippen LogP contribution in [0.2, 0.25) is 5.02 Å². The van der Waals surface area contributed by atoms with Crippen LogP contribution in [0.3, 0.4) is 0 Å². The van der Waals surface area contributed by atoms with Gasteiger partial charge in [-0.2, -0.15) is 0 Å². The van der Waals surface area contributed by atoms with Gasteiger partial charge in [-0.25, -0.2) is 0 Å². The largest absolute Gasteiger partial charge is 0.492 e. The molecule has 1 rings (SSSR count). The summed E-state index contributed by atoms with van der Waals surface area (Å²) in [5.74, 6) is 0.665. The maximum absolute atomic E-state index is 6.36. The van der Waals surface area contributed by atoms with Gasteiger partial charge in [0.2, 0.25) is 0 Å². The zero-order valence-corrected chi connectivity index (χ0v) is 13.1. The number of hydrogen-bond donors (Lipinski definition) is 2. The summed E-state index contributed by atoms with van der Waals surface area (Å²) >= 11 is 6.36. The van der Waals surface area contributed by atoms with E-state index < -0.39 is 0 Å². The Labute approximate surface area is 121 Å². The average molecular weight is 285 g/mol. The summed E-state index contributed by atoms with van der Waals surface area (Å²) in [6, 6.07) is 3.80. The Balaban J connectivity index is 3.38. The van der Waals surface area contributed by atoms with Gasteiger partial charge in [0.1, 0.15) is 5.75 Å². The van der Waals surface area contributed by atoms with E-state index in [4.69, 9.17) is 27.8 Å². The van der Waals surface area contributed by atoms with Gasteiger partial charge in [-0.05, 0) is 36.5 Å². The van der Waals surface area contributed by atoms with Crippen molar-refractivity contribution in [2.45, 2.75) is 45.6 Å². The van der Waals surface area contributed by atoms with E-state index in [0.29, 0.717) is 23.9 Å². The predicted octanol–water partition coefficient (Wildman–Crippen LogP) is 3.38. The minimum absolute atomic E-state index is 0.0530. The molecule has 0 aromatic heterocycles. The Morgan fingerprint density at radius 1 is 1.32 bits per heavy atom. The van der Waals surface area contributed by atoms with Crippen molar-refractivity contribution in [1.82, 2.24) is 0 Å². The van der Waals surface area contributed by atoms with Crippen molar-refractivity contribution in [3.8, 4) is 5.75 Å². The molecule has 0 aliphatic heterocycles. The third kappa shape index (κ3) is 3.62. The van der Waals surface area contributed by atoms with Gasteiger partial charge in [0, 0.05) is 18.2 Å². The fraction of sp³-hybridized carbons (Fsp3) is 0.600. The average Bonchev–Trinajstić information content (AvgIpc) is 2.39. The molecule has 0 aliphatic rings.